The van der Waals surface area contributed by atoms with Gasteiger partial charge in [0.1, 0.15) is 5.01 Å². The maximum Gasteiger partial charge on any atom is 0.252 e. The van der Waals surface area contributed by atoms with Gasteiger partial charge in [0.15, 0.2) is 0 Å². The zero-order chi connectivity index (χ0) is 21.3. The Bertz CT molecular complexity index is 1170. The van der Waals surface area contributed by atoms with Crippen LogP contribution in [0.4, 0.5) is 0 Å². The zero-order valence-corrected chi connectivity index (χ0v) is 18.3. The molecule has 2 heterocycles. The minimum atomic E-state index is -3.62. The smallest absolute Gasteiger partial charge is 0.252 e. The van der Waals surface area contributed by atoms with Crippen LogP contribution < -0.4 is 10.0 Å². The predicted octanol–water partition coefficient (Wildman–Crippen LogP) is 3.45. The summed E-state index contributed by atoms with van der Waals surface area (Å²) in [4.78, 5) is 21.7. The van der Waals surface area contributed by atoms with Crippen molar-refractivity contribution in [1.82, 2.24) is 20.0 Å². The largest absolute Gasteiger partial charge is 0.343 e. The number of sulfonamides is 1. The first-order valence-corrected chi connectivity index (χ1v) is 12.0. The number of carbonyl (C=O) groups excluding carboxylic acids is 1. The summed E-state index contributed by atoms with van der Waals surface area (Å²) in [7, 11) is -3.62. The molecule has 0 radical (unpaired) electrons. The average molecular weight is 443 g/mol. The Morgan fingerprint density at radius 3 is 2.77 bits per heavy atom. The molecule has 1 amide bonds. The van der Waals surface area contributed by atoms with Crippen LogP contribution in [-0.2, 0) is 10.0 Å². The number of amides is 1. The quantitative estimate of drug-likeness (QED) is 0.584. The molecule has 3 aromatic rings. The fourth-order valence-electron chi connectivity index (χ4n) is 2.97. The molecule has 2 N–H and O–H groups in total. The van der Waals surface area contributed by atoms with Gasteiger partial charge in [-0.2, -0.15) is 0 Å². The topological polar surface area (TPSA) is 101 Å². The van der Waals surface area contributed by atoms with Crippen LogP contribution in [0.3, 0.4) is 0 Å². The molecule has 7 nitrogen and oxygen atoms in total. The first-order valence-electron chi connectivity index (χ1n) is 9.63. The number of benzene rings is 1. The van der Waals surface area contributed by atoms with Gasteiger partial charge in [0, 0.05) is 34.9 Å². The molecule has 1 aliphatic rings. The highest BCUT2D eigenvalue weighted by Crippen LogP contribution is 2.26. The van der Waals surface area contributed by atoms with Gasteiger partial charge in [-0.15, -0.1) is 11.3 Å². The number of pyridine rings is 1. The minimum Gasteiger partial charge on any atom is -0.343 e. The lowest BCUT2D eigenvalue weighted by Crippen LogP contribution is -2.29. The van der Waals surface area contributed by atoms with Gasteiger partial charge in [-0.1, -0.05) is 6.07 Å². The van der Waals surface area contributed by atoms with Crippen LogP contribution >= 0.6 is 11.3 Å². The minimum absolute atomic E-state index is 0.00696. The normalized spacial score (nSPS) is 15.0. The van der Waals surface area contributed by atoms with Crippen LogP contribution in [0.15, 0.2) is 53.0 Å². The van der Waals surface area contributed by atoms with Crippen LogP contribution in [0, 0.1) is 6.92 Å². The van der Waals surface area contributed by atoms with Crippen molar-refractivity contribution in [3.8, 4) is 11.3 Å². The fourth-order valence-corrected chi connectivity index (χ4v) is 5.14. The van der Waals surface area contributed by atoms with E-state index in [0.717, 1.165) is 29.1 Å². The maximum absolute atomic E-state index is 12.9. The molecular formula is C21H22N4O3S2. The molecule has 1 aromatic carbocycles. The monoisotopic (exact) mass is 442 g/mol. The Labute approximate surface area is 179 Å². The van der Waals surface area contributed by atoms with Crippen molar-refractivity contribution in [2.45, 2.75) is 43.7 Å². The standard InChI is InChI=1S/C21H22N4O3S2/c1-13-5-8-17(30(27,28)25-16-6-7-16)10-18(13)20(26)23-14(2)21-24-19(12-29-21)15-4-3-9-22-11-15/h3-5,8-12,14,16,25H,6-7H2,1-2H3,(H,23,26). The second-order valence-electron chi connectivity index (χ2n) is 7.38. The van der Waals surface area contributed by atoms with Gasteiger partial charge in [-0.05, 0) is 56.5 Å². The lowest BCUT2D eigenvalue weighted by Gasteiger charge is -2.14. The number of rotatable bonds is 7. The zero-order valence-electron chi connectivity index (χ0n) is 16.6. The van der Waals surface area contributed by atoms with Crippen molar-refractivity contribution >= 4 is 27.3 Å². The Hall–Kier alpha value is -2.62. The van der Waals surface area contributed by atoms with E-state index in [1.165, 1.54) is 23.5 Å². The molecule has 0 aliphatic heterocycles. The van der Waals surface area contributed by atoms with Crippen LogP contribution in [0.5, 0.6) is 0 Å². The molecule has 0 bridgehead atoms. The number of hydrogen-bond donors (Lipinski definition) is 2. The number of carbonyl (C=O) groups is 1. The Kier molecular flexibility index (Phi) is 5.68. The average Bonchev–Trinajstić information content (AvgIpc) is 3.38. The molecule has 1 aliphatic carbocycles. The third-order valence-electron chi connectivity index (χ3n) is 4.86. The molecule has 1 fully saturated rings. The van der Waals surface area contributed by atoms with E-state index in [-0.39, 0.29) is 22.9 Å². The number of aryl methyl sites for hydroxylation is 1. The summed E-state index contributed by atoms with van der Waals surface area (Å²) in [6.07, 6.45) is 5.15. The summed E-state index contributed by atoms with van der Waals surface area (Å²) < 4.78 is 27.6. The third kappa shape index (κ3) is 4.58. The fraction of sp³-hybridized carbons (Fsp3) is 0.286. The van der Waals surface area contributed by atoms with Crippen LogP contribution in [-0.4, -0.2) is 30.3 Å². The van der Waals surface area contributed by atoms with Crippen LogP contribution in [0.2, 0.25) is 0 Å². The number of nitrogens with zero attached hydrogens (tertiary/aromatic N) is 2. The molecule has 0 spiro atoms. The van der Waals surface area contributed by atoms with Gasteiger partial charge in [0.2, 0.25) is 10.0 Å². The Morgan fingerprint density at radius 1 is 1.27 bits per heavy atom. The number of thiazole rings is 1. The van der Waals surface area contributed by atoms with E-state index in [9.17, 15) is 13.2 Å². The van der Waals surface area contributed by atoms with Gasteiger partial charge in [0.05, 0.1) is 16.6 Å². The second-order valence-corrected chi connectivity index (χ2v) is 9.98. The molecule has 1 unspecified atom stereocenters. The number of hydrogen-bond acceptors (Lipinski definition) is 6. The summed E-state index contributed by atoms with van der Waals surface area (Å²) in [6.45, 7) is 3.64. The number of nitrogens with one attached hydrogen (secondary N) is 2. The summed E-state index contributed by atoms with van der Waals surface area (Å²) in [5.74, 6) is -0.332. The molecule has 1 atom stereocenters. The van der Waals surface area contributed by atoms with Gasteiger partial charge < -0.3 is 5.32 Å². The van der Waals surface area contributed by atoms with E-state index in [1.54, 1.807) is 25.4 Å². The van der Waals surface area contributed by atoms with E-state index in [1.807, 2.05) is 24.4 Å². The van der Waals surface area contributed by atoms with E-state index >= 15 is 0 Å². The maximum atomic E-state index is 12.9. The van der Waals surface area contributed by atoms with Crippen LogP contribution in [0.1, 0.15) is 46.7 Å². The molecule has 156 valence electrons. The summed E-state index contributed by atoms with van der Waals surface area (Å²) in [5, 5.41) is 5.62. The van der Waals surface area contributed by atoms with Crippen molar-refractivity contribution < 1.29 is 13.2 Å². The highest BCUT2D eigenvalue weighted by molar-refractivity contribution is 7.89. The van der Waals surface area contributed by atoms with Gasteiger partial charge in [-0.3, -0.25) is 9.78 Å². The Morgan fingerprint density at radius 2 is 2.07 bits per heavy atom. The first-order chi connectivity index (χ1) is 14.3. The van der Waals surface area contributed by atoms with E-state index in [4.69, 9.17) is 0 Å². The van der Waals surface area contributed by atoms with Crippen molar-refractivity contribution in [2.75, 3.05) is 0 Å². The molecular weight excluding hydrogens is 420 g/mol. The Balaban J connectivity index is 1.51. The lowest BCUT2D eigenvalue weighted by atomic mass is 10.1. The van der Waals surface area contributed by atoms with E-state index < -0.39 is 10.0 Å². The highest BCUT2D eigenvalue weighted by Gasteiger charge is 2.28. The molecule has 0 saturated heterocycles. The van der Waals surface area contributed by atoms with Crippen molar-refractivity contribution in [3.63, 3.8) is 0 Å². The van der Waals surface area contributed by atoms with Gasteiger partial charge >= 0.3 is 0 Å². The lowest BCUT2D eigenvalue weighted by molar-refractivity contribution is 0.0939. The third-order valence-corrected chi connectivity index (χ3v) is 7.41. The molecule has 9 heteroatoms. The SMILES string of the molecule is Cc1ccc(S(=O)(=O)NC2CC2)cc1C(=O)NC(C)c1nc(-c2cccnc2)cs1. The molecule has 1 saturated carbocycles. The predicted molar refractivity (Wildman–Crippen MR) is 116 cm³/mol. The van der Waals surface area contributed by atoms with E-state index in [0.29, 0.717) is 11.1 Å². The summed E-state index contributed by atoms with van der Waals surface area (Å²) in [6, 6.07) is 8.09. The molecule has 4 rings (SSSR count). The van der Waals surface area contributed by atoms with Gasteiger partial charge in [0.25, 0.3) is 5.91 Å². The van der Waals surface area contributed by atoms with Crippen LogP contribution in [0.25, 0.3) is 11.3 Å². The molecule has 2 aromatic heterocycles. The van der Waals surface area contributed by atoms with Crippen molar-refractivity contribution in [2.24, 2.45) is 0 Å². The summed E-state index contributed by atoms with van der Waals surface area (Å²) in [5.41, 5.74) is 2.76. The highest BCUT2D eigenvalue weighted by atomic mass is 32.2. The van der Waals surface area contributed by atoms with Crippen molar-refractivity contribution in [1.29, 1.82) is 0 Å². The summed E-state index contributed by atoms with van der Waals surface area (Å²) >= 11 is 1.46. The van der Waals surface area contributed by atoms with Crippen molar-refractivity contribution in [3.05, 3.63) is 64.2 Å². The second kappa shape index (κ2) is 8.25. The van der Waals surface area contributed by atoms with Gasteiger partial charge in [-0.25, -0.2) is 18.1 Å². The van der Waals surface area contributed by atoms with E-state index in [2.05, 4.69) is 20.0 Å². The number of aromatic nitrogens is 2. The molecule has 30 heavy (non-hydrogen) atoms. The first kappa shape index (κ1) is 20.6.